The predicted octanol–water partition coefficient (Wildman–Crippen LogP) is 2.14. The van der Waals surface area contributed by atoms with Gasteiger partial charge in [0.25, 0.3) is 5.91 Å². The Morgan fingerprint density at radius 2 is 2.27 bits per heavy atom. The van der Waals surface area contributed by atoms with Gasteiger partial charge in [0.2, 0.25) is 0 Å². The zero-order chi connectivity index (χ0) is 10.8. The second kappa shape index (κ2) is 4.19. The number of benzene rings is 1. The zero-order valence-corrected chi connectivity index (χ0v) is 8.88. The molecule has 0 N–H and O–H groups in total. The van der Waals surface area contributed by atoms with E-state index in [1.807, 2.05) is 0 Å². The number of alkyl halides is 1. The SMILES string of the molecule is O=C(c1cccc(F)c1)N1CC(CCl)C1. The van der Waals surface area contributed by atoms with Gasteiger partial charge in [0.15, 0.2) is 0 Å². The van der Waals surface area contributed by atoms with Crippen molar-refractivity contribution in [3.05, 3.63) is 35.6 Å². The second-order valence-corrected chi connectivity index (χ2v) is 4.05. The molecule has 1 fully saturated rings. The molecule has 0 aromatic heterocycles. The van der Waals surface area contributed by atoms with Crippen LogP contribution in [0, 0.1) is 11.7 Å². The van der Waals surface area contributed by atoms with Crippen molar-refractivity contribution < 1.29 is 9.18 Å². The Kier molecular flexibility index (Phi) is 2.91. The Bertz CT molecular complexity index is 377. The van der Waals surface area contributed by atoms with Crippen molar-refractivity contribution in [3.63, 3.8) is 0 Å². The van der Waals surface area contributed by atoms with Gasteiger partial charge < -0.3 is 4.90 Å². The van der Waals surface area contributed by atoms with Crippen LogP contribution >= 0.6 is 11.6 Å². The first kappa shape index (κ1) is 10.4. The predicted molar refractivity (Wildman–Crippen MR) is 56.5 cm³/mol. The minimum absolute atomic E-state index is 0.115. The largest absolute Gasteiger partial charge is 0.338 e. The van der Waals surface area contributed by atoms with E-state index in [1.54, 1.807) is 17.0 Å². The molecule has 1 amide bonds. The van der Waals surface area contributed by atoms with Crippen molar-refractivity contribution >= 4 is 17.5 Å². The van der Waals surface area contributed by atoms with E-state index >= 15 is 0 Å². The third kappa shape index (κ3) is 2.12. The molecule has 4 heteroatoms. The second-order valence-electron chi connectivity index (χ2n) is 3.74. The van der Waals surface area contributed by atoms with Gasteiger partial charge in [-0.15, -0.1) is 11.6 Å². The molecular formula is C11H11ClFNO. The number of rotatable bonds is 2. The number of hydrogen-bond acceptors (Lipinski definition) is 1. The third-order valence-corrected chi connectivity index (χ3v) is 2.97. The van der Waals surface area contributed by atoms with Gasteiger partial charge in [0, 0.05) is 30.5 Å². The van der Waals surface area contributed by atoms with Crippen LogP contribution in [0.2, 0.25) is 0 Å². The summed E-state index contributed by atoms with van der Waals surface area (Å²) in [4.78, 5) is 13.4. The van der Waals surface area contributed by atoms with Crippen molar-refractivity contribution in [2.75, 3.05) is 19.0 Å². The maximum absolute atomic E-state index is 12.9. The number of hydrogen-bond donors (Lipinski definition) is 0. The number of nitrogens with zero attached hydrogens (tertiary/aromatic N) is 1. The summed E-state index contributed by atoms with van der Waals surface area (Å²) >= 11 is 5.65. The van der Waals surface area contributed by atoms with Crippen LogP contribution in [0.3, 0.4) is 0 Å². The van der Waals surface area contributed by atoms with Crippen molar-refractivity contribution in [2.45, 2.75) is 0 Å². The molecule has 0 spiro atoms. The van der Waals surface area contributed by atoms with Gasteiger partial charge in [0.05, 0.1) is 0 Å². The van der Waals surface area contributed by atoms with E-state index < -0.39 is 0 Å². The summed E-state index contributed by atoms with van der Waals surface area (Å²) in [7, 11) is 0. The van der Waals surface area contributed by atoms with E-state index in [0.29, 0.717) is 30.5 Å². The molecule has 1 aliphatic heterocycles. The van der Waals surface area contributed by atoms with Gasteiger partial charge in [-0.2, -0.15) is 0 Å². The van der Waals surface area contributed by atoms with Gasteiger partial charge in [-0.05, 0) is 18.2 Å². The average molecular weight is 228 g/mol. The van der Waals surface area contributed by atoms with E-state index in [4.69, 9.17) is 11.6 Å². The normalized spacial score (nSPS) is 16.3. The number of likely N-dealkylation sites (tertiary alicyclic amines) is 1. The van der Waals surface area contributed by atoms with Gasteiger partial charge >= 0.3 is 0 Å². The molecule has 2 nitrogen and oxygen atoms in total. The molecular weight excluding hydrogens is 217 g/mol. The summed E-state index contributed by atoms with van der Waals surface area (Å²) in [5, 5.41) is 0. The topological polar surface area (TPSA) is 20.3 Å². The Labute approximate surface area is 92.6 Å². The summed E-state index contributed by atoms with van der Waals surface area (Å²) in [6.07, 6.45) is 0. The number of carbonyl (C=O) groups is 1. The molecule has 1 aliphatic rings. The summed E-state index contributed by atoms with van der Waals surface area (Å²) < 4.78 is 12.9. The molecule has 0 bridgehead atoms. The minimum Gasteiger partial charge on any atom is -0.338 e. The monoisotopic (exact) mass is 227 g/mol. The standard InChI is InChI=1S/C11H11ClFNO/c12-5-8-6-14(7-8)11(15)9-2-1-3-10(13)4-9/h1-4,8H,5-7H2. The van der Waals surface area contributed by atoms with Crippen molar-refractivity contribution in [3.8, 4) is 0 Å². The first-order chi connectivity index (χ1) is 7.20. The Balaban J connectivity index is 2.03. The molecule has 0 aliphatic carbocycles. The lowest BCUT2D eigenvalue weighted by atomic mass is 10.0. The molecule has 0 unspecified atom stereocenters. The van der Waals surface area contributed by atoms with Crippen LogP contribution < -0.4 is 0 Å². The minimum atomic E-state index is -0.379. The average Bonchev–Trinajstić information content (AvgIpc) is 2.16. The first-order valence-corrected chi connectivity index (χ1v) is 5.35. The van der Waals surface area contributed by atoms with Crippen molar-refractivity contribution in [2.24, 2.45) is 5.92 Å². The lowest BCUT2D eigenvalue weighted by Crippen LogP contribution is -2.50. The van der Waals surface area contributed by atoms with Crippen molar-refractivity contribution in [1.29, 1.82) is 0 Å². The third-order valence-electron chi connectivity index (χ3n) is 2.53. The number of halogens is 2. The molecule has 1 aromatic carbocycles. The lowest BCUT2D eigenvalue weighted by molar-refractivity contribution is 0.0535. The highest BCUT2D eigenvalue weighted by Gasteiger charge is 2.30. The highest BCUT2D eigenvalue weighted by molar-refractivity contribution is 6.18. The van der Waals surface area contributed by atoms with Crippen LogP contribution in [-0.2, 0) is 0 Å². The maximum atomic E-state index is 12.9. The van der Waals surface area contributed by atoms with E-state index in [-0.39, 0.29) is 11.7 Å². The molecule has 0 radical (unpaired) electrons. The smallest absolute Gasteiger partial charge is 0.253 e. The Morgan fingerprint density at radius 1 is 1.53 bits per heavy atom. The van der Waals surface area contributed by atoms with Crippen molar-refractivity contribution in [1.82, 2.24) is 4.90 Å². The Morgan fingerprint density at radius 3 is 2.87 bits per heavy atom. The summed E-state index contributed by atoms with van der Waals surface area (Å²) in [6.45, 7) is 1.36. The van der Waals surface area contributed by atoms with E-state index in [0.717, 1.165) is 0 Å². The number of amides is 1. The number of carbonyl (C=O) groups excluding carboxylic acids is 1. The highest BCUT2D eigenvalue weighted by atomic mass is 35.5. The Hall–Kier alpha value is -1.09. The van der Waals surface area contributed by atoms with Gasteiger partial charge in [-0.3, -0.25) is 4.79 Å². The molecule has 0 atom stereocenters. The first-order valence-electron chi connectivity index (χ1n) is 4.81. The quantitative estimate of drug-likeness (QED) is 0.709. The molecule has 0 saturated carbocycles. The summed E-state index contributed by atoms with van der Waals surface area (Å²) in [5.41, 5.74) is 0.406. The van der Waals surface area contributed by atoms with Crippen LogP contribution in [0.4, 0.5) is 4.39 Å². The van der Waals surface area contributed by atoms with Crippen LogP contribution in [-0.4, -0.2) is 29.8 Å². The zero-order valence-electron chi connectivity index (χ0n) is 8.12. The fourth-order valence-corrected chi connectivity index (χ4v) is 1.83. The fourth-order valence-electron chi connectivity index (χ4n) is 1.64. The molecule has 15 heavy (non-hydrogen) atoms. The fraction of sp³-hybridized carbons (Fsp3) is 0.364. The molecule has 80 valence electrons. The summed E-state index contributed by atoms with van der Waals surface area (Å²) in [5.74, 6) is 0.475. The highest BCUT2D eigenvalue weighted by Crippen LogP contribution is 2.19. The van der Waals surface area contributed by atoms with Crippen LogP contribution in [0.1, 0.15) is 10.4 Å². The van der Waals surface area contributed by atoms with Gasteiger partial charge in [-0.25, -0.2) is 4.39 Å². The molecule has 1 saturated heterocycles. The maximum Gasteiger partial charge on any atom is 0.253 e. The molecule has 1 aromatic rings. The summed E-state index contributed by atoms with van der Waals surface area (Å²) in [6, 6.07) is 5.76. The lowest BCUT2D eigenvalue weighted by Gasteiger charge is -2.38. The van der Waals surface area contributed by atoms with Crippen LogP contribution in [0.25, 0.3) is 0 Å². The molecule has 1 heterocycles. The van der Waals surface area contributed by atoms with Crippen LogP contribution in [0.5, 0.6) is 0 Å². The van der Waals surface area contributed by atoms with E-state index in [2.05, 4.69) is 0 Å². The van der Waals surface area contributed by atoms with E-state index in [1.165, 1.54) is 12.1 Å². The van der Waals surface area contributed by atoms with Crippen LogP contribution in [0.15, 0.2) is 24.3 Å². The van der Waals surface area contributed by atoms with Gasteiger partial charge in [0.1, 0.15) is 5.82 Å². The van der Waals surface area contributed by atoms with Gasteiger partial charge in [-0.1, -0.05) is 6.07 Å². The molecule has 2 rings (SSSR count). The van der Waals surface area contributed by atoms with E-state index in [9.17, 15) is 9.18 Å².